The summed E-state index contributed by atoms with van der Waals surface area (Å²) in [5.41, 5.74) is 1.02. The fourth-order valence-corrected chi connectivity index (χ4v) is 16.1. The average molecular weight is 1200 g/mol. The summed E-state index contributed by atoms with van der Waals surface area (Å²) >= 11 is 0. The summed E-state index contributed by atoms with van der Waals surface area (Å²) in [5.74, 6) is -0.337. The molecule has 478 valence electrons. The molecule has 0 amide bonds. The highest BCUT2D eigenvalue weighted by Gasteiger charge is 2.68. The first-order chi connectivity index (χ1) is 39.2. The Morgan fingerprint density at radius 2 is 1.23 bits per heavy atom. The van der Waals surface area contributed by atoms with Crippen LogP contribution in [0.1, 0.15) is 92.4 Å². The molecular weight excluding hydrogens is 1100 g/mol. The molecule has 27 heteroatoms. The highest BCUT2D eigenvalue weighted by molar-refractivity contribution is 5.26. The summed E-state index contributed by atoms with van der Waals surface area (Å²) in [6.45, 7) is 7.82. The predicted molar refractivity (Wildman–Crippen MR) is 277 cm³/mol. The van der Waals surface area contributed by atoms with E-state index in [1.54, 1.807) is 0 Å². The fourth-order valence-electron chi connectivity index (χ4n) is 16.1. The van der Waals surface area contributed by atoms with Crippen molar-refractivity contribution in [1.82, 2.24) is 0 Å². The van der Waals surface area contributed by atoms with Crippen molar-refractivity contribution in [1.29, 1.82) is 0 Å². The van der Waals surface area contributed by atoms with Gasteiger partial charge in [0.25, 0.3) is 0 Å². The topological polar surface area (TPSA) is 425 Å². The Bertz CT molecular complexity index is 2180. The van der Waals surface area contributed by atoms with Crippen molar-refractivity contribution in [3.63, 3.8) is 0 Å². The zero-order valence-corrected chi connectivity index (χ0v) is 47.6. The van der Waals surface area contributed by atoms with Gasteiger partial charge in [0.2, 0.25) is 0 Å². The number of fused-ring (bicyclic) bond motifs is 7. The minimum atomic E-state index is -1.89. The molecule has 35 atom stereocenters. The maximum Gasteiger partial charge on any atom is 0.187 e. The highest BCUT2D eigenvalue weighted by Crippen LogP contribution is 2.70. The van der Waals surface area contributed by atoms with E-state index in [2.05, 4.69) is 26.8 Å². The number of allylic oxidation sites excluding steroid dienone is 1. The van der Waals surface area contributed by atoms with Gasteiger partial charge in [0.15, 0.2) is 37.2 Å². The van der Waals surface area contributed by atoms with E-state index in [4.69, 9.17) is 52.1 Å². The van der Waals surface area contributed by atoms with E-state index in [0.29, 0.717) is 43.4 Å². The second-order valence-electron chi connectivity index (χ2n) is 26.2. The van der Waals surface area contributed by atoms with Crippen LogP contribution in [0.2, 0.25) is 0 Å². The first-order valence-corrected chi connectivity index (χ1v) is 29.8. The number of aliphatic hydroxyl groups is 16. The van der Waals surface area contributed by atoms with Gasteiger partial charge in [-0.15, -0.1) is 0 Å². The highest BCUT2D eigenvalue weighted by atomic mass is 16.8. The molecule has 0 radical (unpaired) electrons. The smallest absolute Gasteiger partial charge is 0.187 e. The van der Waals surface area contributed by atoms with Gasteiger partial charge in [-0.05, 0) is 98.7 Å². The Labute approximate surface area is 481 Å². The third kappa shape index (κ3) is 12.0. The van der Waals surface area contributed by atoms with Gasteiger partial charge in [-0.3, -0.25) is 0 Å². The maximum absolute atomic E-state index is 12.1. The third-order valence-electron chi connectivity index (χ3n) is 21.2. The third-order valence-corrected chi connectivity index (χ3v) is 21.2. The summed E-state index contributed by atoms with van der Waals surface area (Å²) in [6.07, 6.45) is -29.7. The molecule has 10 aliphatic rings. The minimum absolute atomic E-state index is 0.0747. The molecule has 16 N–H and O–H groups in total. The van der Waals surface area contributed by atoms with Crippen LogP contribution in [0.3, 0.4) is 0 Å². The number of hydrogen-bond donors (Lipinski definition) is 16. The molecule has 6 aliphatic heterocycles. The number of ether oxygens (including phenoxy) is 11. The molecule has 9 fully saturated rings. The fraction of sp³-hybridized carbons (Fsp3) is 0.964. The van der Waals surface area contributed by atoms with E-state index in [0.717, 1.165) is 32.1 Å². The normalized spacial score (nSPS) is 55.0. The zero-order valence-electron chi connectivity index (χ0n) is 47.6. The minimum Gasteiger partial charge on any atom is -0.394 e. The van der Waals surface area contributed by atoms with Gasteiger partial charge in [-0.25, -0.2) is 0 Å². The van der Waals surface area contributed by atoms with E-state index in [-0.39, 0.29) is 41.3 Å². The summed E-state index contributed by atoms with van der Waals surface area (Å²) in [5, 5.41) is 171. The van der Waals surface area contributed by atoms with Crippen LogP contribution in [0.25, 0.3) is 0 Å². The zero-order chi connectivity index (χ0) is 59.9. The standard InChI is InChI=1S/C56H92O27/c1-21(18-73-49-43(68)40(65)37(62)31(16-57)78-49)8-13-56(72)22(2)34-30(83-56)15-28-26-7-6-24-14-25(9-11-54(24,4)27(26)10-12-55(28,34)5)77-52-45(70)41(66)38(63)33(80-52)20-75-53-48(82-51-44(69)39(64)35(60)23(3)76-51)46(71)47(32(17-58)79-53)81-50-42(67)36(61)29(59)19-74-50/h6,21-23,25-53,57-72H,7-20H2,1-5H3/t21-,22+,23+,25+,26-,27+,28+,29-,30+,31-,32-,33-,34+,35+,36+,37-,38-,39-,40+,41+,42-,43-,44-,45-,46+,47-,48-,49-,50+,51+,52-,53-,54+,55+,56+/m1/s1. The molecule has 10 rings (SSSR count). The van der Waals surface area contributed by atoms with E-state index >= 15 is 0 Å². The SMILES string of the molecule is C[C@H](CC[C@]1(O)O[C@H]2C[C@H]3[C@@H]4CC=C5C[C@@H](O[C@@H]6O[C@H](CO[C@@H]7O[C@H](CO)[C@@H](O[C@@H]8OC[C@@H](O)[C@H](O)[C@H]8O)[C@H](O)[C@H]7O[C@@H]7O[C@@H](C)[C@H](O)[C@@H](O)[C@H]7O)[C@@H](O)[C@H](O)[C@H]6O)CC[C@]5(C)[C@H]4CC[C@]3(C)[C@H]2[C@@H]1C)CO[C@@H]1O[C@H](CO)[C@@H](O)[C@H](O)[C@H]1O. The van der Waals surface area contributed by atoms with Crippen molar-refractivity contribution >= 4 is 0 Å². The summed E-state index contributed by atoms with van der Waals surface area (Å²) in [4.78, 5) is 0. The van der Waals surface area contributed by atoms with Crippen molar-refractivity contribution in [2.75, 3.05) is 33.0 Å². The largest absolute Gasteiger partial charge is 0.394 e. The molecule has 0 unspecified atom stereocenters. The van der Waals surface area contributed by atoms with E-state index in [1.165, 1.54) is 12.5 Å². The van der Waals surface area contributed by atoms with Gasteiger partial charge < -0.3 is 134 Å². The molecule has 6 saturated heterocycles. The van der Waals surface area contributed by atoms with Crippen LogP contribution in [-0.2, 0) is 52.1 Å². The van der Waals surface area contributed by atoms with E-state index in [1.807, 2.05) is 6.92 Å². The Balaban J connectivity index is 0.754. The van der Waals surface area contributed by atoms with Gasteiger partial charge in [-0.1, -0.05) is 39.3 Å². The molecule has 4 aliphatic carbocycles. The molecule has 83 heavy (non-hydrogen) atoms. The van der Waals surface area contributed by atoms with Crippen molar-refractivity contribution in [3.05, 3.63) is 11.6 Å². The Morgan fingerprint density at radius 1 is 0.614 bits per heavy atom. The molecule has 0 aromatic rings. The monoisotopic (exact) mass is 1200 g/mol. The number of rotatable bonds is 17. The second kappa shape index (κ2) is 25.5. The molecule has 6 heterocycles. The second-order valence-corrected chi connectivity index (χ2v) is 26.2. The van der Waals surface area contributed by atoms with Gasteiger partial charge >= 0.3 is 0 Å². The predicted octanol–water partition coefficient (Wildman–Crippen LogP) is -4.54. The Morgan fingerprint density at radius 3 is 1.93 bits per heavy atom. The molecule has 3 saturated carbocycles. The van der Waals surface area contributed by atoms with Crippen LogP contribution in [0.15, 0.2) is 11.6 Å². The van der Waals surface area contributed by atoms with Gasteiger partial charge in [-0.2, -0.15) is 0 Å². The Kier molecular flexibility index (Phi) is 19.9. The molecular formula is C56H92O27. The summed E-state index contributed by atoms with van der Waals surface area (Å²) < 4.78 is 65.5. The van der Waals surface area contributed by atoms with Crippen molar-refractivity contribution in [3.8, 4) is 0 Å². The van der Waals surface area contributed by atoms with Crippen molar-refractivity contribution in [2.24, 2.45) is 46.3 Å². The summed E-state index contributed by atoms with van der Waals surface area (Å²) in [7, 11) is 0. The van der Waals surface area contributed by atoms with E-state index in [9.17, 15) is 81.7 Å². The lowest BCUT2D eigenvalue weighted by Crippen LogP contribution is -2.66. The molecule has 0 bridgehead atoms. The van der Waals surface area contributed by atoms with Crippen LogP contribution < -0.4 is 0 Å². The molecule has 27 nitrogen and oxygen atoms in total. The van der Waals surface area contributed by atoms with Crippen LogP contribution >= 0.6 is 0 Å². The lowest BCUT2D eigenvalue weighted by molar-refractivity contribution is -0.386. The van der Waals surface area contributed by atoms with Crippen molar-refractivity contribution in [2.45, 2.75) is 258 Å². The van der Waals surface area contributed by atoms with Gasteiger partial charge in [0.1, 0.15) is 110 Å². The molecule has 0 aromatic heterocycles. The van der Waals surface area contributed by atoms with Gasteiger partial charge in [0.05, 0.1) is 51.3 Å². The summed E-state index contributed by atoms with van der Waals surface area (Å²) in [6, 6.07) is 0. The molecule has 0 aromatic carbocycles. The van der Waals surface area contributed by atoms with Crippen LogP contribution in [-0.4, -0.2) is 280 Å². The van der Waals surface area contributed by atoms with Gasteiger partial charge in [0, 0.05) is 12.3 Å². The Hall–Kier alpha value is -1.34. The maximum atomic E-state index is 12.1. The lowest BCUT2D eigenvalue weighted by Gasteiger charge is -2.58. The first-order valence-electron chi connectivity index (χ1n) is 29.8. The number of hydrogen-bond acceptors (Lipinski definition) is 27. The van der Waals surface area contributed by atoms with Crippen LogP contribution in [0.4, 0.5) is 0 Å². The van der Waals surface area contributed by atoms with E-state index < -0.39 is 186 Å². The van der Waals surface area contributed by atoms with Crippen LogP contribution in [0, 0.1) is 46.3 Å². The quantitative estimate of drug-likeness (QED) is 0.0610. The first kappa shape index (κ1) is 64.6. The average Bonchev–Trinajstić information content (AvgIpc) is 2.35. The molecule has 0 spiro atoms. The van der Waals surface area contributed by atoms with Crippen molar-refractivity contribution < 1.29 is 134 Å². The van der Waals surface area contributed by atoms with Crippen LogP contribution in [0.5, 0.6) is 0 Å². The lowest BCUT2D eigenvalue weighted by atomic mass is 9.47. The number of aliphatic hydroxyl groups excluding tert-OH is 15.